The number of aromatic nitrogens is 2. The van der Waals surface area contributed by atoms with Gasteiger partial charge in [0.15, 0.2) is 5.82 Å². The van der Waals surface area contributed by atoms with Crippen LogP contribution >= 0.6 is 0 Å². The van der Waals surface area contributed by atoms with Gasteiger partial charge in [0.05, 0.1) is 6.04 Å². The first-order chi connectivity index (χ1) is 5.41. The number of rotatable bonds is 1. The largest absolute Gasteiger partial charge is 0.339 e. The van der Waals surface area contributed by atoms with Crippen LogP contribution in [0.3, 0.4) is 0 Å². The molecule has 1 rings (SSSR count). The van der Waals surface area contributed by atoms with E-state index in [-0.39, 0.29) is 11.5 Å². The monoisotopic (exact) mass is 169 g/mol. The van der Waals surface area contributed by atoms with Crippen molar-refractivity contribution in [3.8, 4) is 0 Å². The van der Waals surface area contributed by atoms with Crippen LogP contribution in [0.1, 0.15) is 45.5 Å². The van der Waals surface area contributed by atoms with E-state index in [9.17, 15) is 0 Å². The van der Waals surface area contributed by atoms with Gasteiger partial charge in [0.1, 0.15) is 0 Å². The van der Waals surface area contributed by atoms with Gasteiger partial charge < -0.3 is 10.3 Å². The summed E-state index contributed by atoms with van der Waals surface area (Å²) in [4.78, 5) is 4.18. The van der Waals surface area contributed by atoms with Crippen molar-refractivity contribution in [2.45, 2.75) is 39.2 Å². The fraction of sp³-hybridized carbons (Fsp3) is 0.750. The predicted octanol–water partition coefficient (Wildman–Crippen LogP) is 1.39. The molecule has 0 aliphatic carbocycles. The Kier molecular flexibility index (Phi) is 2.19. The molecule has 0 radical (unpaired) electrons. The second-order valence-corrected chi connectivity index (χ2v) is 4.00. The summed E-state index contributed by atoms with van der Waals surface area (Å²) in [6, 6.07) is -0.162. The average molecular weight is 169 g/mol. The Morgan fingerprint density at radius 3 is 2.25 bits per heavy atom. The summed E-state index contributed by atoms with van der Waals surface area (Å²) in [6.07, 6.45) is 0. The summed E-state index contributed by atoms with van der Waals surface area (Å²) < 4.78 is 5.05. The molecule has 0 bridgehead atoms. The zero-order chi connectivity index (χ0) is 9.35. The van der Waals surface area contributed by atoms with Crippen LogP contribution in [0.25, 0.3) is 0 Å². The van der Waals surface area contributed by atoms with E-state index in [0.717, 1.165) is 0 Å². The second-order valence-electron chi connectivity index (χ2n) is 4.00. The molecule has 1 atom stereocenters. The van der Waals surface area contributed by atoms with Gasteiger partial charge in [0.2, 0.25) is 5.89 Å². The maximum atomic E-state index is 5.59. The van der Waals surface area contributed by atoms with Crippen LogP contribution in [-0.2, 0) is 5.41 Å². The first-order valence-corrected chi connectivity index (χ1v) is 4.01. The zero-order valence-corrected chi connectivity index (χ0v) is 7.96. The first-order valence-electron chi connectivity index (χ1n) is 4.01. The molecule has 1 aromatic heterocycles. The molecule has 1 unspecified atom stereocenters. The van der Waals surface area contributed by atoms with Crippen molar-refractivity contribution in [1.82, 2.24) is 10.1 Å². The second kappa shape index (κ2) is 2.86. The topological polar surface area (TPSA) is 64.9 Å². The minimum Gasteiger partial charge on any atom is -0.339 e. The van der Waals surface area contributed by atoms with Crippen molar-refractivity contribution < 1.29 is 4.52 Å². The summed E-state index contributed by atoms with van der Waals surface area (Å²) >= 11 is 0. The molecular weight excluding hydrogens is 154 g/mol. The van der Waals surface area contributed by atoms with E-state index in [4.69, 9.17) is 10.3 Å². The number of hydrogen-bond acceptors (Lipinski definition) is 4. The van der Waals surface area contributed by atoms with Gasteiger partial charge in [-0.05, 0) is 6.92 Å². The van der Waals surface area contributed by atoms with Gasteiger partial charge in [-0.1, -0.05) is 25.9 Å². The highest BCUT2D eigenvalue weighted by Crippen LogP contribution is 2.20. The molecule has 0 amide bonds. The van der Waals surface area contributed by atoms with Gasteiger partial charge in [-0.25, -0.2) is 0 Å². The standard InChI is InChI=1S/C8H15N3O/c1-5(9)6-10-7(12-11-6)8(2,3)4/h5H,9H2,1-4H3. The van der Waals surface area contributed by atoms with Crippen molar-refractivity contribution in [3.63, 3.8) is 0 Å². The Labute approximate surface area is 72.1 Å². The maximum absolute atomic E-state index is 5.59. The number of nitrogens with two attached hydrogens (primary N) is 1. The molecule has 1 heterocycles. The molecule has 0 spiro atoms. The highest BCUT2D eigenvalue weighted by Gasteiger charge is 2.22. The van der Waals surface area contributed by atoms with Crippen LogP contribution in [0, 0.1) is 0 Å². The van der Waals surface area contributed by atoms with E-state index in [1.165, 1.54) is 0 Å². The Bertz CT molecular complexity index is 260. The van der Waals surface area contributed by atoms with E-state index >= 15 is 0 Å². The molecule has 1 aromatic rings. The van der Waals surface area contributed by atoms with Crippen LogP contribution < -0.4 is 5.73 Å². The van der Waals surface area contributed by atoms with Gasteiger partial charge >= 0.3 is 0 Å². The quantitative estimate of drug-likeness (QED) is 0.689. The van der Waals surface area contributed by atoms with Crippen molar-refractivity contribution in [2.75, 3.05) is 0 Å². The highest BCUT2D eigenvalue weighted by atomic mass is 16.5. The average Bonchev–Trinajstić information content (AvgIpc) is 2.30. The van der Waals surface area contributed by atoms with Gasteiger partial charge in [-0.2, -0.15) is 4.98 Å². The Hall–Kier alpha value is -0.900. The number of nitrogens with zero attached hydrogens (tertiary/aromatic N) is 2. The lowest BCUT2D eigenvalue weighted by molar-refractivity contribution is 0.317. The van der Waals surface area contributed by atoms with Gasteiger partial charge in [-0.15, -0.1) is 0 Å². The number of hydrogen-bond donors (Lipinski definition) is 1. The Morgan fingerprint density at radius 1 is 1.42 bits per heavy atom. The molecule has 0 aliphatic heterocycles. The minimum absolute atomic E-state index is 0.0971. The van der Waals surface area contributed by atoms with Crippen LogP contribution in [0.4, 0.5) is 0 Å². The molecule has 2 N–H and O–H groups in total. The fourth-order valence-electron chi connectivity index (χ4n) is 0.724. The third kappa shape index (κ3) is 1.82. The zero-order valence-electron chi connectivity index (χ0n) is 7.96. The van der Waals surface area contributed by atoms with E-state index in [0.29, 0.717) is 11.7 Å². The van der Waals surface area contributed by atoms with Crippen molar-refractivity contribution in [3.05, 3.63) is 11.7 Å². The molecule has 4 heteroatoms. The van der Waals surface area contributed by atoms with Crippen LogP contribution in [0.5, 0.6) is 0 Å². The molecule has 0 saturated heterocycles. The molecule has 68 valence electrons. The minimum atomic E-state index is -0.162. The van der Waals surface area contributed by atoms with Crippen LogP contribution in [-0.4, -0.2) is 10.1 Å². The lowest BCUT2D eigenvalue weighted by Gasteiger charge is -2.10. The van der Waals surface area contributed by atoms with Crippen molar-refractivity contribution in [2.24, 2.45) is 5.73 Å². The molecule has 0 aromatic carbocycles. The SMILES string of the molecule is CC(N)c1noc(C(C)(C)C)n1. The summed E-state index contributed by atoms with van der Waals surface area (Å²) in [6.45, 7) is 7.89. The smallest absolute Gasteiger partial charge is 0.232 e. The van der Waals surface area contributed by atoms with Gasteiger partial charge in [0, 0.05) is 5.41 Å². The van der Waals surface area contributed by atoms with Crippen LogP contribution in [0.2, 0.25) is 0 Å². The summed E-state index contributed by atoms with van der Waals surface area (Å²) in [7, 11) is 0. The predicted molar refractivity (Wildman–Crippen MR) is 45.6 cm³/mol. The maximum Gasteiger partial charge on any atom is 0.232 e. The van der Waals surface area contributed by atoms with E-state index in [2.05, 4.69) is 10.1 Å². The molecule has 12 heavy (non-hydrogen) atoms. The van der Waals surface area contributed by atoms with Crippen LogP contribution in [0.15, 0.2) is 4.52 Å². The molecule has 0 aliphatic rings. The molecule has 4 nitrogen and oxygen atoms in total. The summed E-state index contributed by atoms with van der Waals surface area (Å²) in [5.74, 6) is 1.20. The summed E-state index contributed by atoms with van der Waals surface area (Å²) in [5, 5.41) is 3.77. The van der Waals surface area contributed by atoms with E-state index < -0.39 is 0 Å². The van der Waals surface area contributed by atoms with E-state index in [1.54, 1.807) is 0 Å². The third-order valence-electron chi connectivity index (χ3n) is 1.49. The van der Waals surface area contributed by atoms with E-state index in [1.807, 2.05) is 27.7 Å². The Balaban J connectivity index is 2.92. The van der Waals surface area contributed by atoms with Crippen molar-refractivity contribution >= 4 is 0 Å². The van der Waals surface area contributed by atoms with Gasteiger partial charge in [-0.3, -0.25) is 0 Å². The lowest BCUT2D eigenvalue weighted by Crippen LogP contribution is -2.12. The fourth-order valence-corrected chi connectivity index (χ4v) is 0.724. The van der Waals surface area contributed by atoms with Crippen molar-refractivity contribution in [1.29, 1.82) is 0 Å². The molecular formula is C8H15N3O. The lowest BCUT2D eigenvalue weighted by atomic mass is 9.97. The highest BCUT2D eigenvalue weighted by molar-refractivity contribution is 4.99. The normalized spacial score (nSPS) is 14.8. The first kappa shape index (κ1) is 9.19. The van der Waals surface area contributed by atoms with Gasteiger partial charge in [0.25, 0.3) is 0 Å². The molecule has 0 saturated carbocycles. The molecule has 0 fully saturated rings. The summed E-state index contributed by atoms with van der Waals surface area (Å²) in [5.41, 5.74) is 5.49. The Morgan fingerprint density at radius 2 is 2.00 bits per heavy atom. The third-order valence-corrected chi connectivity index (χ3v) is 1.49.